The van der Waals surface area contributed by atoms with E-state index in [4.69, 9.17) is 9.84 Å². The van der Waals surface area contributed by atoms with Gasteiger partial charge in [0.05, 0.1) is 6.61 Å². The van der Waals surface area contributed by atoms with Gasteiger partial charge in [-0.1, -0.05) is 6.08 Å². The first kappa shape index (κ1) is 16.0. The van der Waals surface area contributed by atoms with Crippen LogP contribution in [0, 0.1) is 0 Å². The van der Waals surface area contributed by atoms with E-state index in [1.807, 2.05) is 16.8 Å². The van der Waals surface area contributed by atoms with E-state index < -0.39 is 5.97 Å². The van der Waals surface area contributed by atoms with Crippen LogP contribution in [-0.2, 0) is 4.79 Å². The molecule has 0 aliphatic heterocycles. The Morgan fingerprint density at radius 1 is 1.18 bits per heavy atom. The first-order valence-electron chi connectivity index (χ1n) is 6.84. The molecule has 4 nitrogen and oxygen atoms in total. The fraction of sp³-hybridized carbons (Fsp3) is 0.176. The molecule has 0 bridgehead atoms. The molecule has 1 aromatic heterocycles. The van der Waals surface area contributed by atoms with E-state index in [-0.39, 0.29) is 12.2 Å². The zero-order chi connectivity index (χ0) is 15.8. The summed E-state index contributed by atoms with van der Waals surface area (Å²) in [6.07, 6.45) is 3.88. The van der Waals surface area contributed by atoms with Crippen molar-refractivity contribution in [3.8, 4) is 5.75 Å². The summed E-state index contributed by atoms with van der Waals surface area (Å²) in [4.78, 5) is 22.4. The summed E-state index contributed by atoms with van der Waals surface area (Å²) in [7, 11) is 0. The van der Waals surface area contributed by atoms with Gasteiger partial charge in [0.2, 0.25) is 0 Å². The fourth-order valence-corrected chi connectivity index (χ4v) is 2.40. The van der Waals surface area contributed by atoms with Crippen molar-refractivity contribution in [2.45, 2.75) is 12.8 Å². The van der Waals surface area contributed by atoms with Crippen molar-refractivity contribution in [1.82, 2.24) is 0 Å². The Labute approximate surface area is 132 Å². The van der Waals surface area contributed by atoms with Crippen LogP contribution in [0.15, 0.2) is 47.2 Å². The van der Waals surface area contributed by atoms with Crippen LogP contribution >= 0.6 is 11.3 Å². The standard InChI is InChI=1S/C17H16O4S/c18-16(8-3-13-9-11-22-12-13)14-4-6-15(7-5-14)21-10-1-2-17(19)20/h3-9,11-12H,1-2,10H2,(H,19,20)/b8-3+. The summed E-state index contributed by atoms with van der Waals surface area (Å²) in [6, 6.07) is 8.78. The van der Waals surface area contributed by atoms with Crippen LogP contribution in [-0.4, -0.2) is 23.5 Å². The first-order valence-corrected chi connectivity index (χ1v) is 7.79. The highest BCUT2D eigenvalue weighted by Gasteiger charge is 2.03. The molecule has 0 saturated carbocycles. The number of ketones is 1. The number of carbonyl (C=O) groups excluding carboxylic acids is 1. The maximum Gasteiger partial charge on any atom is 0.303 e. The Morgan fingerprint density at radius 3 is 2.59 bits per heavy atom. The molecule has 1 heterocycles. The van der Waals surface area contributed by atoms with Gasteiger partial charge in [-0.2, -0.15) is 11.3 Å². The number of thiophene rings is 1. The van der Waals surface area contributed by atoms with Crippen LogP contribution in [0.1, 0.15) is 28.8 Å². The summed E-state index contributed by atoms with van der Waals surface area (Å²) in [5, 5.41) is 12.5. The summed E-state index contributed by atoms with van der Waals surface area (Å²) >= 11 is 1.58. The minimum absolute atomic E-state index is 0.0661. The first-order chi connectivity index (χ1) is 10.6. The molecule has 2 rings (SSSR count). The smallest absolute Gasteiger partial charge is 0.303 e. The number of hydrogen-bond acceptors (Lipinski definition) is 4. The van der Waals surface area contributed by atoms with Crippen LogP contribution < -0.4 is 4.74 Å². The van der Waals surface area contributed by atoms with E-state index in [9.17, 15) is 9.59 Å². The van der Waals surface area contributed by atoms with Crippen LogP contribution in [0.3, 0.4) is 0 Å². The van der Waals surface area contributed by atoms with E-state index in [1.165, 1.54) is 0 Å². The Kier molecular flexibility index (Phi) is 5.91. The van der Waals surface area contributed by atoms with Crippen LogP contribution in [0.4, 0.5) is 0 Å². The Hall–Kier alpha value is -2.40. The lowest BCUT2D eigenvalue weighted by Crippen LogP contribution is -2.02. The Bertz CT molecular complexity index is 642. The van der Waals surface area contributed by atoms with Gasteiger partial charge in [-0.25, -0.2) is 0 Å². The van der Waals surface area contributed by atoms with Crippen molar-refractivity contribution in [2.75, 3.05) is 6.61 Å². The lowest BCUT2D eigenvalue weighted by molar-refractivity contribution is -0.137. The predicted molar refractivity (Wildman–Crippen MR) is 86.5 cm³/mol. The van der Waals surface area contributed by atoms with Gasteiger partial charge in [-0.15, -0.1) is 0 Å². The third-order valence-electron chi connectivity index (χ3n) is 2.91. The summed E-state index contributed by atoms with van der Waals surface area (Å²) in [5.74, 6) is -0.269. The van der Waals surface area contributed by atoms with Gasteiger partial charge in [0.15, 0.2) is 5.78 Å². The molecule has 0 atom stereocenters. The Morgan fingerprint density at radius 2 is 1.95 bits per heavy atom. The molecule has 0 aliphatic carbocycles. The van der Waals surface area contributed by atoms with E-state index in [0.29, 0.717) is 24.3 Å². The number of aliphatic carboxylic acids is 1. The molecule has 2 aromatic rings. The number of carbonyl (C=O) groups is 2. The number of allylic oxidation sites excluding steroid dienone is 1. The predicted octanol–water partition coefficient (Wildman–Crippen LogP) is 3.89. The van der Waals surface area contributed by atoms with Crippen LogP contribution in [0.2, 0.25) is 0 Å². The van der Waals surface area contributed by atoms with E-state index >= 15 is 0 Å². The van der Waals surface area contributed by atoms with E-state index in [2.05, 4.69) is 0 Å². The molecule has 1 aromatic carbocycles. The molecule has 114 valence electrons. The fourth-order valence-electron chi connectivity index (χ4n) is 1.77. The maximum absolute atomic E-state index is 12.0. The molecule has 0 spiro atoms. The lowest BCUT2D eigenvalue weighted by Gasteiger charge is -2.05. The normalized spacial score (nSPS) is 10.7. The van der Waals surface area contributed by atoms with Gasteiger partial charge in [0.25, 0.3) is 0 Å². The number of ether oxygens (including phenoxy) is 1. The third kappa shape index (κ3) is 5.18. The summed E-state index contributed by atoms with van der Waals surface area (Å²) in [5.41, 5.74) is 1.60. The number of benzene rings is 1. The van der Waals surface area contributed by atoms with Crippen molar-refractivity contribution in [1.29, 1.82) is 0 Å². The average molecular weight is 316 g/mol. The van der Waals surface area contributed by atoms with Crippen molar-refractivity contribution in [2.24, 2.45) is 0 Å². The molecule has 1 N–H and O–H groups in total. The number of carboxylic acid groups (broad SMARTS) is 1. The number of hydrogen-bond donors (Lipinski definition) is 1. The minimum atomic E-state index is -0.832. The average Bonchev–Trinajstić information content (AvgIpc) is 3.03. The molecule has 0 amide bonds. The topological polar surface area (TPSA) is 63.6 Å². The quantitative estimate of drug-likeness (QED) is 0.456. The van der Waals surface area contributed by atoms with Gasteiger partial charge in [-0.05, 0) is 59.2 Å². The lowest BCUT2D eigenvalue weighted by atomic mass is 10.1. The van der Waals surface area contributed by atoms with Crippen molar-refractivity contribution in [3.63, 3.8) is 0 Å². The monoisotopic (exact) mass is 316 g/mol. The van der Waals surface area contributed by atoms with E-state index in [0.717, 1.165) is 5.56 Å². The highest BCUT2D eigenvalue weighted by atomic mass is 32.1. The van der Waals surface area contributed by atoms with Crippen molar-refractivity contribution in [3.05, 3.63) is 58.3 Å². The number of carboxylic acids is 1. The van der Waals surface area contributed by atoms with Gasteiger partial charge in [-0.3, -0.25) is 9.59 Å². The summed E-state index contributed by atoms with van der Waals surface area (Å²) < 4.78 is 5.42. The second-order valence-electron chi connectivity index (χ2n) is 4.62. The van der Waals surface area contributed by atoms with Crippen molar-refractivity contribution < 1.29 is 19.4 Å². The molecular formula is C17H16O4S. The largest absolute Gasteiger partial charge is 0.494 e. The van der Waals surface area contributed by atoms with Gasteiger partial charge >= 0.3 is 5.97 Å². The Balaban J connectivity index is 1.85. The molecule has 0 radical (unpaired) electrons. The molecule has 22 heavy (non-hydrogen) atoms. The number of rotatable bonds is 8. The summed E-state index contributed by atoms with van der Waals surface area (Å²) in [6.45, 7) is 0.345. The van der Waals surface area contributed by atoms with Gasteiger partial charge in [0.1, 0.15) is 5.75 Å². The second-order valence-corrected chi connectivity index (χ2v) is 5.40. The molecule has 0 fully saturated rings. The zero-order valence-corrected chi connectivity index (χ0v) is 12.7. The zero-order valence-electron chi connectivity index (χ0n) is 11.9. The maximum atomic E-state index is 12.0. The van der Waals surface area contributed by atoms with Gasteiger partial charge in [0, 0.05) is 12.0 Å². The van der Waals surface area contributed by atoms with Crippen LogP contribution in [0.25, 0.3) is 6.08 Å². The second kappa shape index (κ2) is 8.14. The molecule has 5 heteroatoms. The minimum Gasteiger partial charge on any atom is -0.494 e. The van der Waals surface area contributed by atoms with Crippen molar-refractivity contribution >= 4 is 29.2 Å². The van der Waals surface area contributed by atoms with Gasteiger partial charge < -0.3 is 9.84 Å². The third-order valence-corrected chi connectivity index (χ3v) is 3.61. The molecule has 0 unspecified atom stereocenters. The molecular weight excluding hydrogens is 300 g/mol. The molecule has 0 aliphatic rings. The van der Waals surface area contributed by atoms with E-state index in [1.54, 1.807) is 47.8 Å². The molecule has 0 saturated heterocycles. The SMILES string of the molecule is O=C(O)CCCOc1ccc(C(=O)/C=C/c2ccsc2)cc1. The highest BCUT2D eigenvalue weighted by Crippen LogP contribution is 2.14. The van der Waals surface area contributed by atoms with Crippen LogP contribution in [0.5, 0.6) is 5.75 Å². The highest BCUT2D eigenvalue weighted by molar-refractivity contribution is 7.08.